The van der Waals surface area contributed by atoms with Crippen LogP contribution in [0.1, 0.15) is 35.1 Å². The minimum Gasteiger partial charge on any atom is -0.359 e. The smallest absolute Gasteiger partial charge is 0.268 e. The second-order valence-corrected chi connectivity index (χ2v) is 17.2. The lowest BCUT2D eigenvalue weighted by Gasteiger charge is -2.18. The Balaban J connectivity index is 1.64. The molecule has 0 saturated carbocycles. The fourth-order valence-electron chi connectivity index (χ4n) is 4.27. The molecule has 30 heavy (non-hydrogen) atoms. The Bertz CT molecular complexity index is 1020. The highest BCUT2D eigenvalue weighted by molar-refractivity contribution is 7.90. The van der Waals surface area contributed by atoms with E-state index in [2.05, 4.69) is 41.1 Å². The average Bonchev–Trinajstić information content (AvgIpc) is 3.36. The fourth-order valence-corrected chi connectivity index (χ4v) is 5.53. The van der Waals surface area contributed by atoms with Gasteiger partial charge in [-0.2, -0.15) is 4.98 Å². The van der Waals surface area contributed by atoms with Gasteiger partial charge in [-0.25, -0.2) is 13.1 Å². The molecule has 0 spiro atoms. The van der Waals surface area contributed by atoms with Crippen LogP contribution in [0.15, 0.2) is 11.2 Å². The first-order chi connectivity index (χ1) is 14.1. The molecule has 0 saturated heterocycles. The van der Waals surface area contributed by atoms with Crippen LogP contribution in [0.4, 0.5) is 11.6 Å². The molecule has 9 heteroatoms. The molecule has 1 aromatic carbocycles. The van der Waals surface area contributed by atoms with Crippen molar-refractivity contribution in [2.24, 2.45) is 0 Å². The number of aryl methyl sites for hydroxylation is 2. The van der Waals surface area contributed by atoms with Crippen molar-refractivity contribution in [3.63, 3.8) is 0 Å². The molecule has 4 rings (SSSR count). The van der Waals surface area contributed by atoms with Crippen molar-refractivity contribution in [3.05, 3.63) is 28.3 Å². The maximum absolute atomic E-state index is 12.1. The van der Waals surface area contributed by atoms with Crippen LogP contribution in [0, 0.1) is 0 Å². The number of aromatic nitrogens is 3. The zero-order chi connectivity index (χ0) is 21.5. The molecule has 1 aromatic heterocycles. The van der Waals surface area contributed by atoms with Gasteiger partial charge in [-0.05, 0) is 66.8 Å². The normalized spacial score (nSPS) is 16.0. The number of benzene rings is 1. The van der Waals surface area contributed by atoms with Crippen molar-refractivity contribution < 1.29 is 13.2 Å². The van der Waals surface area contributed by atoms with E-state index in [9.17, 15) is 8.42 Å². The van der Waals surface area contributed by atoms with Crippen molar-refractivity contribution >= 4 is 29.5 Å². The van der Waals surface area contributed by atoms with Gasteiger partial charge in [-0.3, -0.25) is 0 Å². The lowest BCUT2D eigenvalue weighted by atomic mass is 9.99. The molecule has 0 amide bonds. The number of rotatable bonds is 8. The predicted octanol–water partition coefficient (Wildman–Crippen LogP) is 3.71. The highest BCUT2D eigenvalue weighted by Crippen LogP contribution is 2.39. The Kier molecular flexibility index (Phi) is 5.80. The van der Waals surface area contributed by atoms with Gasteiger partial charge in [0.15, 0.2) is 0 Å². The van der Waals surface area contributed by atoms with Crippen LogP contribution in [0.25, 0.3) is 0 Å². The molecule has 0 unspecified atom stereocenters. The van der Waals surface area contributed by atoms with Crippen LogP contribution >= 0.6 is 0 Å². The largest absolute Gasteiger partial charge is 0.359 e. The molecule has 0 fully saturated rings. The van der Waals surface area contributed by atoms with E-state index < -0.39 is 17.9 Å². The van der Waals surface area contributed by atoms with Gasteiger partial charge in [0, 0.05) is 26.6 Å². The molecule has 0 aliphatic heterocycles. The molecule has 0 bridgehead atoms. The van der Waals surface area contributed by atoms with Crippen LogP contribution in [0.3, 0.4) is 0 Å². The Morgan fingerprint density at radius 3 is 2.30 bits per heavy atom. The van der Waals surface area contributed by atoms with Gasteiger partial charge >= 0.3 is 0 Å². The lowest BCUT2D eigenvalue weighted by molar-refractivity contribution is 0.0792. The average molecular weight is 449 g/mol. The molecular weight excluding hydrogens is 416 g/mol. The van der Waals surface area contributed by atoms with Crippen LogP contribution in [0.5, 0.6) is 0 Å². The number of fused-ring (bicyclic) bond motifs is 2. The molecule has 2 aliphatic carbocycles. The minimum atomic E-state index is -3.51. The summed E-state index contributed by atoms with van der Waals surface area (Å²) < 4.78 is 31.6. The molecule has 2 aromatic rings. The van der Waals surface area contributed by atoms with Crippen LogP contribution in [0.2, 0.25) is 25.7 Å². The molecule has 1 heterocycles. The summed E-state index contributed by atoms with van der Waals surface area (Å²) in [6.07, 6.45) is 7.77. The molecular formula is C21H32N4O3SSi. The standard InChI is InChI=1S/C21H32N4O3SSi/c1-29(26,27)21-23-20(25(24-21)14-28-11-12-30(2,3)4)22-19-17-9-5-7-15(17)13-16-8-6-10-18(16)19/h13H,5-12,14H2,1-4H3,(H,22,23,24). The van der Waals surface area contributed by atoms with Gasteiger partial charge in [0.1, 0.15) is 6.73 Å². The van der Waals surface area contributed by atoms with Crippen molar-refractivity contribution in [3.8, 4) is 0 Å². The summed E-state index contributed by atoms with van der Waals surface area (Å²) in [6, 6.07) is 3.42. The van der Waals surface area contributed by atoms with E-state index in [4.69, 9.17) is 4.74 Å². The molecule has 0 radical (unpaired) electrons. The molecule has 7 nitrogen and oxygen atoms in total. The summed E-state index contributed by atoms with van der Waals surface area (Å²) in [7, 11) is -4.71. The maximum Gasteiger partial charge on any atom is 0.268 e. The number of hydrogen-bond donors (Lipinski definition) is 1. The summed E-state index contributed by atoms with van der Waals surface area (Å²) in [5, 5.41) is 7.55. The van der Waals surface area contributed by atoms with E-state index in [0.29, 0.717) is 12.6 Å². The highest BCUT2D eigenvalue weighted by Gasteiger charge is 2.26. The van der Waals surface area contributed by atoms with Gasteiger partial charge in [0.2, 0.25) is 15.8 Å². The summed E-state index contributed by atoms with van der Waals surface area (Å²) in [5.41, 5.74) is 6.66. The number of anilines is 2. The lowest BCUT2D eigenvalue weighted by Crippen LogP contribution is -2.22. The fraction of sp³-hybridized carbons (Fsp3) is 0.619. The second kappa shape index (κ2) is 8.09. The first-order valence-electron chi connectivity index (χ1n) is 10.8. The van der Waals surface area contributed by atoms with Crippen molar-refractivity contribution in [1.82, 2.24) is 14.8 Å². The van der Waals surface area contributed by atoms with E-state index in [0.717, 1.165) is 56.5 Å². The Morgan fingerprint density at radius 1 is 1.10 bits per heavy atom. The Hall–Kier alpha value is -1.71. The SMILES string of the molecule is C[Si](C)(C)CCOCn1nc(S(C)(=O)=O)nc1Nc1c2c(cc3c1CCC3)CCC2. The molecule has 1 N–H and O–H groups in total. The van der Waals surface area contributed by atoms with E-state index in [1.165, 1.54) is 22.3 Å². The number of ether oxygens (including phenoxy) is 1. The van der Waals surface area contributed by atoms with Crippen molar-refractivity contribution in [2.75, 3.05) is 18.2 Å². The number of sulfone groups is 1. The first kappa shape index (κ1) is 21.5. The van der Waals surface area contributed by atoms with Gasteiger partial charge < -0.3 is 10.1 Å². The third kappa shape index (κ3) is 4.62. The number of nitrogens with zero attached hydrogens (tertiary/aromatic N) is 3. The Labute approximate surface area is 180 Å². The summed E-state index contributed by atoms with van der Waals surface area (Å²) in [6.45, 7) is 7.73. The minimum absolute atomic E-state index is 0.164. The third-order valence-electron chi connectivity index (χ3n) is 5.90. The van der Waals surface area contributed by atoms with E-state index in [1.54, 1.807) is 4.68 Å². The zero-order valence-electron chi connectivity index (χ0n) is 18.4. The number of hydrogen-bond acceptors (Lipinski definition) is 6. The summed E-state index contributed by atoms with van der Waals surface area (Å²) in [4.78, 5) is 4.34. The van der Waals surface area contributed by atoms with Crippen molar-refractivity contribution in [1.29, 1.82) is 0 Å². The van der Waals surface area contributed by atoms with Gasteiger partial charge in [-0.15, -0.1) is 5.10 Å². The van der Waals surface area contributed by atoms with Gasteiger partial charge in [-0.1, -0.05) is 25.7 Å². The van der Waals surface area contributed by atoms with Crippen LogP contribution in [-0.4, -0.2) is 44.1 Å². The Morgan fingerprint density at radius 2 is 1.73 bits per heavy atom. The van der Waals surface area contributed by atoms with Crippen LogP contribution < -0.4 is 5.32 Å². The quantitative estimate of drug-likeness (QED) is 0.489. The van der Waals surface area contributed by atoms with Crippen molar-refractivity contribution in [2.45, 2.75) is 76.1 Å². The summed E-state index contributed by atoms with van der Waals surface area (Å²) in [5.74, 6) is 0.442. The monoisotopic (exact) mass is 448 g/mol. The number of nitrogens with one attached hydrogen (secondary N) is 1. The third-order valence-corrected chi connectivity index (χ3v) is 8.44. The molecule has 164 valence electrons. The highest BCUT2D eigenvalue weighted by atomic mass is 32.2. The predicted molar refractivity (Wildman–Crippen MR) is 121 cm³/mol. The molecule has 0 atom stereocenters. The maximum atomic E-state index is 12.1. The first-order valence-corrected chi connectivity index (χ1v) is 16.4. The summed E-state index contributed by atoms with van der Waals surface area (Å²) >= 11 is 0. The topological polar surface area (TPSA) is 86.1 Å². The van der Waals surface area contributed by atoms with Gasteiger partial charge in [0.05, 0.1) is 0 Å². The second-order valence-electron chi connectivity index (χ2n) is 9.70. The van der Waals surface area contributed by atoms with Crippen LogP contribution in [-0.2, 0) is 47.0 Å². The van der Waals surface area contributed by atoms with E-state index in [-0.39, 0.29) is 11.9 Å². The van der Waals surface area contributed by atoms with E-state index >= 15 is 0 Å². The van der Waals surface area contributed by atoms with E-state index in [1.807, 2.05) is 0 Å². The van der Waals surface area contributed by atoms with Gasteiger partial charge in [0.25, 0.3) is 5.16 Å². The molecule has 2 aliphatic rings. The zero-order valence-corrected chi connectivity index (χ0v) is 20.2.